The van der Waals surface area contributed by atoms with Gasteiger partial charge in [0.15, 0.2) is 0 Å². The van der Waals surface area contributed by atoms with E-state index >= 15 is 0 Å². The number of aryl methyl sites for hydroxylation is 1. The van der Waals surface area contributed by atoms with Gasteiger partial charge in [-0.3, -0.25) is 4.79 Å². The lowest BCUT2D eigenvalue weighted by atomic mass is 10.2. The number of anilines is 1. The van der Waals surface area contributed by atoms with E-state index < -0.39 is 0 Å². The van der Waals surface area contributed by atoms with E-state index in [2.05, 4.69) is 21.2 Å². The van der Waals surface area contributed by atoms with Crippen LogP contribution in [0.4, 0.5) is 5.69 Å². The van der Waals surface area contributed by atoms with Crippen LogP contribution in [0.25, 0.3) is 0 Å². The monoisotopic (exact) mass is 327 g/mol. The second kappa shape index (κ2) is 5.59. The maximum atomic E-state index is 12.1. The van der Waals surface area contributed by atoms with Gasteiger partial charge < -0.3 is 9.73 Å². The number of carbonyl (C=O) groups excluding carboxylic acids is 1. The van der Waals surface area contributed by atoms with Crippen LogP contribution in [-0.4, -0.2) is 5.91 Å². The molecule has 0 fully saturated rings. The second-order valence-electron chi connectivity index (χ2n) is 3.69. The zero-order chi connectivity index (χ0) is 13.1. The largest absolute Gasteiger partial charge is 0.469 e. The van der Waals surface area contributed by atoms with Crippen molar-refractivity contribution in [1.29, 1.82) is 0 Å². The number of hydrogen-bond donors (Lipinski definition) is 1. The van der Waals surface area contributed by atoms with Gasteiger partial charge in [0, 0.05) is 10.9 Å². The average Bonchev–Trinajstić information content (AvgIpc) is 2.82. The molecule has 0 aliphatic heterocycles. The molecular weight excluding hydrogens is 318 g/mol. The maximum Gasteiger partial charge on any atom is 0.259 e. The standard InChI is InChI=1S/C13H11BrClNO2/c1-2-12-9(5-6-18-12)13(17)16-11-7-8(14)3-4-10(11)15/h3-7H,2H2,1H3,(H,16,17). The summed E-state index contributed by atoms with van der Waals surface area (Å²) in [6.45, 7) is 1.93. The Morgan fingerprint density at radius 1 is 1.44 bits per heavy atom. The van der Waals surface area contributed by atoms with Crippen LogP contribution in [0.2, 0.25) is 5.02 Å². The minimum Gasteiger partial charge on any atom is -0.469 e. The fourth-order valence-corrected chi connectivity index (χ4v) is 2.13. The molecule has 0 saturated heterocycles. The molecular formula is C13H11BrClNO2. The van der Waals surface area contributed by atoms with Gasteiger partial charge in [0.25, 0.3) is 5.91 Å². The molecule has 0 spiro atoms. The van der Waals surface area contributed by atoms with Crippen LogP contribution >= 0.6 is 27.5 Å². The molecule has 18 heavy (non-hydrogen) atoms. The molecule has 2 aromatic rings. The minimum absolute atomic E-state index is 0.222. The Balaban J connectivity index is 2.24. The normalized spacial score (nSPS) is 10.4. The molecule has 0 aliphatic rings. The molecule has 1 heterocycles. The van der Waals surface area contributed by atoms with Crippen molar-refractivity contribution in [1.82, 2.24) is 0 Å². The van der Waals surface area contributed by atoms with Crippen LogP contribution in [0, 0.1) is 0 Å². The highest BCUT2D eigenvalue weighted by Crippen LogP contribution is 2.26. The molecule has 5 heteroatoms. The summed E-state index contributed by atoms with van der Waals surface area (Å²) < 4.78 is 6.08. The predicted octanol–water partition coefficient (Wildman–Crippen LogP) is 4.51. The van der Waals surface area contributed by atoms with Gasteiger partial charge in [0.1, 0.15) is 5.76 Å². The SMILES string of the molecule is CCc1occc1C(=O)Nc1cc(Br)ccc1Cl. The lowest BCUT2D eigenvalue weighted by Crippen LogP contribution is -2.13. The zero-order valence-corrected chi connectivity index (χ0v) is 12.0. The summed E-state index contributed by atoms with van der Waals surface area (Å²) in [7, 11) is 0. The number of hydrogen-bond acceptors (Lipinski definition) is 2. The molecule has 1 aromatic carbocycles. The minimum atomic E-state index is -0.222. The first kappa shape index (κ1) is 13.2. The van der Waals surface area contributed by atoms with Crippen molar-refractivity contribution in [3.05, 3.63) is 51.3 Å². The first-order chi connectivity index (χ1) is 8.61. The molecule has 0 bridgehead atoms. The van der Waals surface area contributed by atoms with Gasteiger partial charge >= 0.3 is 0 Å². The summed E-state index contributed by atoms with van der Waals surface area (Å²) >= 11 is 9.35. The van der Waals surface area contributed by atoms with Gasteiger partial charge in [-0.1, -0.05) is 34.5 Å². The molecule has 1 aromatic heterocycles. The first-order valence-electron chi connectivity index (χ1n) is 5.44. The third-order valence-corrected chi connectivity index (χ3v) is 3.31. The molecule has 2 rings (SSSR count). The molecule has 0 saturated carbocycles. The van der Waals surface area contributed by atoms with Gasteiger partial charge in [-0.05, 0) is 24.3 Å². The highest BCUT2D eigenvalue weighted by atomic mass is 79.9. The van der Waals surface area contributed by atoms with E-state index in [1.165, 1.54) is 6.26 Å². The van der Waals surface area contributed by atoms with Crippen LogP contribution < -0.4 is 5.32 Å². The summed E-state index contributed by atoms with van der Waals surface area (Å²) in [6, 6.07) is 6.94. The Bertz CT molecular complexity index is 580. The van der Waals surface area contributed by atoms with Gasteiger partial charge in [0.05, 0.1) is 22.5 Å². The van der Waals surface area contributed by atoms with Gasteiger partial charge in [0.2, 0.25) is 0 Å². The van der Waals surface area contributed by atoms with Crippen molar-refractivity contribution in [3.8, 4) is 0 Å². The number of carbonyl (C=O) groups is 1. The molecule has 0 atom stereocenters. The fraction of sp³-hybridized carbons (Fsp3) is 0.154. The van der Waals surface area contributed by atoms with Crippen LogP contribution in [0.1, 0.15) is 23.0 Å². The summed E-state index contributed by atoms with van der Waals surface area (Å²) in [5.41, 5.74) is 1.10. The summed E-state index contributed by atoms with van der Waals surface area (Å²) in [6.07, 6.45) is 2.18. The van der Waals surface area contributed by atoms with E-state index in [9.17, 15) is 4.79 Å². The van der Waals surface area contributed by atoms with Crippen LogP contribution in [0.3, 0.4) is 0 Å². The van der Waals surface area contributed by atoms with Gasteiger partial charge in [-0.2, -0.15) is 0 Å². The number of nitrogens with one attached hydrogen (secondary N) is 1. The highest BCUT2D eigenvalue weighted by Gasteiger charge is 2.14. The van der Waals surface area contributed by atoms with Crippen LogP contribution in [-0.2, 0) is 6.42 Å². The third-order valence-electron chi connectivity index (χ3n) is 2.49. The van der Waals surface area contributed by atoms with Gasteiger partial charge in [-0.15, -0.1) is 0 Å². The van der Waals surface area contributed by atoms with E-state index in [-0.39, 0.29) is 5.91 Å². The smallest absolute Gasteiger partial charge is 0.259 e. The molecule has 0 aliphatic carbocycles. The first-order valence-corrected chi connectivity index (χ1v) is 6.61. The molecule has 1 amide bonds. The van der Waals surface area contributed by atoms with E-state index in [1.807, 2.05) is 13.0 Å². The summed E-state index contributed by atoms with van der Waals surface area (Å²) in [5.74, 6) is 0.444. The zero-order valence-electron chi connectivity index (χ0n) is 9.67. The van der Waals surface area contributed by atoms with Crippen molar-refractivity contribution >= 4 is 39.1 Å². The van der Waals surface area contributed by atoms with Crippen molar-refractivity contribution in [2.75, 3.05) is 5.32 Å². The van der Waals surface area contributed by atoms with E-state index in [1.54, 1.807) is 18.2 Å². The molecule has 94 valence electrons. The topological polar surface area (TPSA) is 42.2 Å². The number of amides is 1. The fourth-order valence-electron chi connectivity index (χ4n) is 1.60. The Labute approximate surface area is 118 Å². The van der Waals surface area contributed by atoms with E-state index in [0.29, 0.717) is 28.5 Å². The van der Waals surface area contributed by atoms with E-state index in [0.717, 1.165) is 4.47 Å². The highest BCUT2D eigenvalue weighted by molar-refractivity contribution is 9.10. The Morgan fingerprint density at radius 2 is 2.22 bits per heavy atom. The quantitative estimate of drug-likeness (QED) is 0.900. The number of halogens is 2. The number of rotatable bonds is 3. The predicted molar refractivity (Wildman–Crippen MR) is 75.2 cm³/mol. The van der Waals surface area contributed by atoms with Crippen LogP contribution in [0.5, 0.6) is 0 Å². The average molecular weight is 329 g/mol. The Hall–Kier alpha value is -1.26. The molecule has 1 N–H and O–H groups in total. The molecule has 3 nitrogen and oxygen atoms in total. The molecule has 0 radical (unpaired) electrons. The van der Waals surface area contributed by atoms with Crippen molar-refractivity contribution in [2.45, 2.75) is 13.3 Å². The lowest BCUT2D eigenvalue weighted by molar-refractivity contribution is 0.102. The Morgan fingerprint density at radius 3 is 2.94 bits per heavy atom. The summed E-state index contributed by atoms with van der Waals surface area (Å²) in [5, 5.41) is 3.26. The van der Waals surface area contributed by atoms with Crippen molar-refractivity contribution < 1.29 is 9.21 Å². The summed E-state index contributed by atoms with van der Waals surface area (Å²) in [4.78, 5) is 12.1. The van der Waals surface area contributed by atoms with Crippen LogP contribution in [0.15, 0.2) is 39.4 Å². The molecule has 0 unspecified atom stereocenters. The second-order valence-corrected chi connectivity index (χ2v) is 5.01. The van der Waals surface area contributed by atoms with E-state index in [4.69, 9.17) is 16.0 Å². The third kappa shape index (κ3) is 2.76. The van der Waals surface area contributed by atoms with Crippen molar-refractivity contribution in [3.63, 3.8) is 0 Å². The maximum absolute atomic E-state index is 12.1. The lowest BCUT2D eigenvalue weighted by Gasteiger charge is -2.07. The number of furan rings is 1. The van der Waals surface area contributed by atoms with Gasteiger partial charge in [-0.25, -0.2) is 0 Å². The number of benzene rings is 1. The Kier molecular flexibility index (Phi) is 4.09. The van der Waals surface area contributed by atoms with Crippen molar-refractivity contribution in [2.24, 2.45) is 0 Å².